The third-order valence-electron chi connectivity index (χ3n) is 2.35. The first-order valence-electron chi connectivity index (χ1n) is 4.89. The van der Waals surface area contributed by atoms with Crippen LogP contribution in [0.3, 0.4) is 0 Å². The van der Waals surface area contributed by atoms with Gasteiger partial charge < -0.3 is 0 Å². The van der Waals surface area contributed by atoms with E-state index in [1.165, 1.54) is 4.68 Å². The van der Waals surface area contributed by atoms with E-state index in [2.05, 4.69) is 21.0 Å². The van der Waals surface area contributed by atoms with Gasteiger partial charge in [0, 0.05) is 0 Å². The van der Waals surface area contributed by atoms with E-state index < -0.39 is 0 Å². The largest absolute Gasteiger partial charge is 0.294 e. The minimum absolute atomic E-state index is 0.120. The van der Waals surface area contributed by atoms with Crippen LogP contribution in [0.4, 0.5) is 0 Å². The highest BCUT2D eigenvalue weighted by molar-refractivity contribution is 9.10. The lowest BCUT2D eigenvalue weighted by molar-refractivity contribution is 0.819. The Morgan fingerprint density at radius 3 is 2.69 bits per heavy atom. The molecular weight excluding hydrogens is 291 g/mol. The summed E-state index contributed by atoms with van der Waals surface area (Å²) in [5.41, 5.74) is 1.41. The van der Waals surface area contributed by atoms with Crippen molar-refractivity contribution in [2.45, 2.75) is 13.3 Å². The van der Waals surface area contributed by atoms with Gasteiger partial charge in [-0.15, -0.1) is 0 Å². The van der Waals surface area contributed by atoms with Gasteiger partial charge in [0.1, 0.15) is 4.47 Å². The van der Waals surface area contributed by atoms with Crippen molar-refractivity contribution in [1.82, 2.24) is 9.78 Å². The van der Waals surface area contributed by atoms with Crippen molar-refractivity contribution in [3.05, 3.63) is 49.8 Å². The molecule has 0 aliphatic heterocycles. The van der Waals surface area contributed by atoms with E-state index in [0.717, 1.165) is 12.1 Å². The molecule has 1 aromatic carbocycles. The molecule has 0 saturated heterocycles. The van der Waals surface area contributed by atoms with Crippen molar-refractivity contribution in [2.75, 3.05) is 0 Å². The molecule has 0 aliphatic rings. The second-order valence-electron chi connectivity index (χ2n) is 3.35. The van der Waals surface area contributed by atoms with Gasteiger partial charge in [0.15, 0.2) is 0 Å². The Balaban J connectivity index is 2.66. The average molecular weight is 302 g/mol. The summed E-state index contributed by atoms with van der Waals surface area (Å²) >= 11 is 9.32. The van der Waals surface area contributed by atoms with Gasteiger partial charge in [-0.3, -0.25) is 9.89 Å². The van der Waals surface area contributed by atoms with Crippen LogP contribution < -0.4 is 5.56 Å². The third kappa shape index (κ3) is 1.83. The smallest absolute Gasteiger partial charge is 0.285 e. The van der Waals surface area contributed by atoms with Gasteiger partial charge in [0.25, 0.3) is 5.56 Å². The Bertz CT molecular complexity index is 574. The highest BCUT2D eigenvalue weighted by atomic mass is 79.9. The number of H-pyrrole nitrogens is 1. The molecule has 5 heteroatoms. The molecule has 1 aromatic heterocycles. The summed E-state index contributed by atoms with van der Waals surface area (Å²) in [5.74, 6) is 0. The SMILES string of the molecule is CCc1[nH]n(-c2ccccc2Cl)c(=O)c1Br. The second kappa shape index (κ2) is 4.47. The number of aryl methyl sites for hydroxylation is 1. The van der Waals surface area contributed by atoms with Crippen molar-refractivity contribution in [2.24, 2.45) is 0 Å². The number of benzene rings is 1. The normalized spacial score (nSPS) is 10.7. The number of nitrogens with one attached hydrogen (secondary N) is 1. The molecule has 0 bridgehead atoms. The van der Waals surface area contributed by atoms with Gasteiger partial charge >= 0.3 is 0 Å². The van der Waals surface area contributed by atoms with Gasteiger partial charge in [-0.2, -0.15) is 0 Å². The molecule has 0 radical (unpaired) electrons. The molecule has 1 N–H and O–H groups in total. The Kier molecular flexibility index (Phi) is 3.21. The van der Waals surface area contributed by atoms with E-state index in [0.29, 0.717) is 15.2 Å². The maximum atomic E-state index is 11.9. The van der Waals surface area contributed by atoms with Crippen LogP contribution in [0.2, 0.25) is 5.02 Å². The highest BCUT2D eigenvalue weighted by Gasteiger charge is 2.12. The molecule has 0 aliphatic carbocycles. The topological polar surface area (TPSA) is 37.8 Å². The summed E-state index contributed by atoms with van der Waals surface area (Å²) in [6, 6.07) is 7.22. The van der Waals surface area contributed by atoms with Gasteiger partial charge in [-0.1, -0.05) is 30.7 Å². The molecule has 0 amide bonds. The summed E-state index contributed by atoms with van der Waals surface area (Å²) in [6.45, 7) is 1.98. The van der Waals surface area contributed by atoms with Crippen LogP contribution in [0.1, 0.15) is 12.6 Å². The molecule has 3 nitrogen and oxygen atoms in total. The Labute approximate surface area is 106 Å². The lowest BCUT2D eigenvalue weighted by atomic mass is 10.3. The van der Waals surface area contributed by atoms with Gasteiger partial charge in [-0.05, 0) is 34.5 Å². The maximum absolute atomic E-state index is 11.9. The van der Waals surface area contributed by atoms with E-state index in [4.69, 9.17) is 11.6 Å². The number of hydrogen-bond acceptors (Lipinski definition) is 1. The average Bonchev–Trinajstić information content (AvgIpc) is 2.57. The van der Waals surface area contributed by atoms with E-state index >= 15 is 0 Å². The Hall–Kier alpha value is -1.00. The zero-order valence-corrected chi connectivity index (χ0v) is 11.0. The number of aromatic nitrogens is 2. The Morgan fingerprint density at radius 2 is 2.12 bits per heavy atom. The third-order valence-corrected chi connectivity index (χ3v) is 3.49. The number of hydrogen-bond donors (Lipinski definition) is 1. The zero-order valence-electron chi connectivity index (χ0n) is 8.63. The molecule has 16 heavy (non-hydrogen) atoms. The minimum Gasteiger partial charge on any atom is -0.294 e. The molecule has 1 heterocycles. The van der Waals surface area contributed by atoms with Crippen molar-refractivity contribution in [3.8, 4) is 5.69 Å². The van der Waals surface area contributed by atoms with Gasteiger partial charge in [0.2, 0.25) is 0 Å². The predicted molar refractivity (Wildman–Crippen MR) is 68.5 cm³/mol. The van der Waals surface area contributed by atoms with Crippen LogP contribution in [0.25, 0.3) is 5.69 Å². The summed E-state index contributed by atoms with van der Waals surface area (Å²) < 4.78 is 2.01. The summed E-state index contributed by atoms with van der Waals surface area (Å²) in [4.78, 5) is 11.9. The lowest BCUT2D eigenvalue weighted by Crippen LogP contribution is -2.14. The molecule has 0 unspecified atom stereocenters. The molecule has 0 saturated carbocycles. The van der Waals surface area contributed by atoms with Crippen molar-refractivity contribution in [3.63, 3.8) is 0 Å². The van der Waals surface area contributed by atoms with Crippen LogP contribution >= 0.6 is 27.5 Å². The molecule has 0 atom stereocenters. The Morgan fingerprint density at radius 1 is 1.44 bits per heavy atom. The van der Waals surface area contributed by atoms with Crippen molar-refractivity contribution in [1.29, 1.82) is 0 Å². The molecule has 2 rings (SSSR count). The van der Waals surface area contributed by atoms with Crippen LogP contribution in [-0.2, 0) is 6.42 Å². The fraction of sp³-hybridized carbons (Fsp3) is 0.182. The van der Waals surface area contributed by atoms with E-state index in [1.54, 1.807) is 12.1 Å². The maximum Gasteiger partial charge on any atom is 0.285 e. The molecule has 84 valence electrons. The lowest BCUT2D eigenvalue weighted by Gasteiger charge is -2.03. The first-order chi connectivity index (χ1) is 7.65. The van der Waals surface area contributed by atoms with Crippen LogP contribution in [0, 0.1) is 0 Å². The monoisotopic (exact) mass is 300 g/mol. The first-order valence-corrected chi connectivity index (χ1v) is 6.06. The summed E-state index contributed by atoms with van der Waals surface area (Å²) in [6.07, 6.45) is 0.757. The summed E-state index contributed by atoms with van der Waals surface area (Å²) in [7, 11) is 0. The van der Waals surface area contributed by atoms with Gasteiger partial charge in [-0.25, -0.2) is 4.68 Å². The van der Waals surface area contributed by atoms with Crippen LogP contribution in [-0.4, -0.2) is 9.78 Å². The van der Waals surface area contributed by atoms with E-state index in [9.17, 15) is 4.79 Å². The molecule has 0 spiro atoms. The quantitative estimate of drug-likeness (QED) is 0.909. The van der Waals surface area contributed by atoms with Crippen LogP contribution in [0.5, 0.6) is 0 Å². The number of aromatic amines is 1. The second-order valence-corrected chi connectivity index (χ2v) is 4.55. The highest BCUT2D eigenvalue weighted by Crippen LogP contribution is 2.19. The van der Waals surface area contributed by atoms with Crippen molar-refractivity contribution >= 4 is 27.5 Å². The molecule has 0 fully saturated rings. The van der Waals surface area contributed by atoms with Crippen LogP contribution in [0.15, 0.2) is 33.5 Å². The standard InChI is InChI=1S/C11H10BrClN2O/c1-2-8-10(12)11(16)15(14-8)9-6-4-3-5-7(9)13/h3-6,14H,2H2,1H3. The fourth-order valence-corrected chi connectivity index (χ4v) is 2.27. The number of para-hydroxylation sites is 1. The van der Waals surface area contributed by atoms with E-state index in [1.807, 2.05) is 19.1 Å². The minimum atomic E-state index is -0.120. The number of nitrogens with zero attached hydrogens (tertiary/aromatic N) is 1. The first kappa shape index (κ1) is 11.5. The summed E-state index contributed by atoms with van der Waals surface area (Å²) in [5, 5.41) is 3.57. The van der Waals surface area contributed by atoms with Crippen molar-refractivity contribution < 1.29 is 0 Å². The fourth-order valence-electron chi connectivity index (χ4n) is 1.50. The molecular formula is C11H10BrClN2O. The molecule has 2 aromatic rings. The zero-order chi connectivity index (χ0) is 11.7. The van der Waals surface area contributed by atoms with E-state index in [-0.39, 0.29) is 5.56 Å². The van der Waals surface area contributed by atoms with Gasteiger partial charge in [0.05, 0.1) is 16.4 Å². The predicted octanol–water partition coefficient (Wildman–Crippen LogP) is 3.14. The number of rotatable bonds is 2. The number of halogens is 2.